The van der Waals surface area contributed by atoms with Gasteiger partial charge >= 0.3 is 0 Å². The van der Waals surface area contributed by atoms with E-state index in [1.807, 2.05) is 0 Å². The summed E-state index contributed by atoms with van der Waals surface area (Å²) >= 11 is 0. The van der Waals surface area contributed by atoms with Crippen molar-refractivity contribution in [3.63, 3.8) is 0 Å². The molecule has 1 heterocycles. The molecule has 1 N–H and O–H groups in total. The van der Waals surface area contributed by atoms with Crippen molar-refractivity contribution in [1.82, 2.24) is 0 Å². The topological polar surface area (TPSA) is 75.5 Å². The Labute approximate surface area is 148 Å². The molecule has 8 heteroatoms. The average Bonchev–Trinajstić information content (AvgIpc) is 2.61. The number of rotatable bonds is 5. The van der Waals surface area contributed by atoms with Crippen molar-refractivity contribution in [1.29, 1.82) is 0 Å². The highest BCUT2D eigenvalue weighted by Gasteiger charge is 2.26. The molecule has 1 aliphatic rings. The fourth-order valence-electron chi connectivity index (χ4n) is 3.12. The Morgan fingerprint density at radius 3 is 2.81 bits per heavy atom. The van der Waals surface area contributed by atoms with Gasteiger partial charge in [-0.1, -0.05) is 12.1 Å². The zero-order valence-corrected chi connectivity index (χ0v) is 13.9. The third-order valence-electron chi connectivity index (χ3n) is 4.26. The molecule has 26 heavy (non-hydrogen) atoms. The zero-order chi connectivity index (χ0) is 18.7. The summed E-state index contributed by atoms with van der Waals surface area (Å²) < 4.78 is 27.5. The lowest BCUT2D eigenvalue weighted by Gasteiger charge is -2.30. The molecule has 0 unspecified atom stereocenters. The molecule has 2 aromatic rings. The highest BCUT2D eigenvalue weighted by Crippen LogP contribution is 2.31. The van der Waals surface area contributed by atoms with Crippen LogP contribution in [0.1, 0.15) is 18.4 Å². The summed E-state index contributed by atoms with van der Waals surface area (Å²) in [5, 5.41) is 13.9. The number of nitrogens with zero attached hydrogens (tertiary/aromatic N) is 2. The number of para-hydroxylation sites is 2. The summed E-state index contributed by atoms with van der Waals surface area (Å²) in [4.78, 5) is 24.3. The van der Waals surface area contributed by atoms with Crippen LogP contribution in [0.4, 0.5) is 25.8 Å². The molecule has 0 spiro atoms. The van der Waals surface area contributed by atoms with Crippen molar-refractivity contribution in [3.05, 3.63) is 63.7 Å². The Morgan fingerprint density at radius 2 is 2.04 bits per heavy atom. The predicted octanol–water partition coefficient (Wildman–Crippen LogP) is 3.65. The van der Waals surface area contributed by atoms with Crippen LogP contribution in [0, 0.1) is 21.7 Å². The molecule has 0 saturated heterocycles. The number of halogens is 2. The van der Waals surface area contributed by atoms with Gasteiger partial charge in [-0.3, -0.25) is 14.9 Å². The number of hydrogen-bond donors (Lipinski definition) is 1. The second-order valence-corrected chi connectivity index (χ2v) is 6.00. The van der Waals surface area contributed by atoms with Crippen LogP contribution in [0.25, 0.3) is 0 Å². The molecule has 0 radical (unpaired) electrons. The predicted molar refractivity (Wildman–Crippen MR) is 93.2 cm³/mol. The molecule has 1 aliphatic heterocycles. The van der Waals surface area contributed by atoms with Gasteiger partial charge in [-0.2, -0.15) is 0 Å². The normalized spacial score (nSPS) is 13.2. The Bertz CT molecular complexity index is 858. The van der Waals surface area contributed by atoms with Gasteiger partial charge < -0.3 is 10.2 Å². The van der Waals surface area contributed by atoms with E-state index < -0.39 is 16.6 Å². The van der Waals surface area contributed by atoms with Crippen LogP contribution >= 0.6 is 0 Å². The van der Waals surface area contributed by atoms with Crippen molar-refractivity contribution in [3.8, 4) is 0 Å². The van der Waals surface area contributed by atoms with Crippen molar-refractivity contribution in [2.24, 2.45) is 0 Å². The number of nitro groups is 1. The Morgan fingerprint density at radius 1 is 1.27 bits per heavy atom. The van der Waals surface area contributed by atoms with Crippen molar-refractivity contribution < 1.29 is 18.5 Å². The molecule has 0 atom stereocenters. The van der Waals surface area contributed by atoms with Crippen LogP contribution in [0.5, 0.6) is 0 Å². The summed E-state index contributed by atoms with van der Waals surface area (Å²) in [6.45, 7) is 0.526. The van der Waals surface area contributed by atoms with Gasteiger partial charge in [-0.15, -0.1) is 0 Å². The van der Waals surface area contributed by atoms with Crippen LogP contribution < -0.4 is 10.2 Å². The van der Waals surface area contributed by atoms with Gasteiger partial charge in [-0.05, 0) is 30.5 Å². The molecule has 1 amide bonds. The van der Waals surface area contributed by atoms with E-state index >= 15 is 0 Å². The molecule has 3 rings (SSSR count). The molecule has 0 aliphatic carbocycles. The number of nitrogens with one attached hydrogen (secondary N) is 1. The zero-order valence-electron chi connectivity index (χ0n) is 13.9. The van der Waals surface area contributed by atoms with E-state index in [0.29, 0.717) is 30.6 Å². The molecule has 0 fully saturated rings. The minimum atomic E-state index is -0.750. The van der Waals surface area contributed by atoms with Crippen molar-refractivity contribution in [2.75, 3.05) is 23.3 Å². The summed E-state index contributed by atoms with van der Waals surface area (Å²) in [6, 6.07) is 8.17. The SMILES string of the molecule is O=C(CCNc1ccccc1[N+](=O)[O-])N1CCCc2cc(F)cc(F)c21. The van der Waals surface area contributed by atoms with Crippen LogP contribution in [-0.4, -0.2) is 23.9 Å². The average molecular weight is 361 g/mol. The fraction of sp³-hybridized carbons (Fsp3) is 0.278. The second kappa shape index (κ2) is 7.47. The smallest absolute Gasteiger partial charge is 0.292 e. The maximum atomic E-state index is 14.1. The Kier molecular flexibility index (Phi) is 5.11. The van der Waals surface area contributed by atoms with E-state index in [2.05, 4.69) is 5.32 Å². The van der Waals surface area contributed by atoms with Gasteiger partial charge in [0.15, 0.2) is 0 Å². The van der Waals surface area contributed by atoms with E-state index in [9.17, 15) is 23.7 Å². The Balaban J connectivity index is 1.68. The lowest BCUT2D eigenvalue weighted by Crippen LogP contribution is -2.37. The standard InChI is InChI=1S/C18H17F2N3O3/c19-13-10-12-4-3-9-22(18(12)14(20)11-13)17(24)7-8-21-15-5-1-2-6-16(15)23(25)26/h1-2,5-6,10-11,21H,3-4,7-9H2. The number of carbonyl (C=O) groups is 1. The number of aryl methyl sites for hydroxylation is 1. The van der Waals surface area contributed by atoms with Gasteiger partial charge in [0.1, 0.15) is 17.3 Å². The van der Waals surface area contributed by atoms with Crippen LogP contribution in [0.2, 0.25) is 0 Å². The van der Waals surface area contributed by atoms with Gasteiger partial charge in [0.2, 0.25) is 5.91 Å². The third kappa shape index (κ3) is 3.63. The van der Waals surface area contributed by atoms with Crippen molar-refractivity contribution in [2.45, 2.75) is 19.3 Å². The van der Waals surface area contributed by atoms with E-state index in [4.69, 9.17) is 0 Å². The van der Waals surface area contributed by atoms with Crippen LogP contribution in [-0.2, 0) is 11.2 Å². The molecule has 0 aromatic heterocycles. The number of amides is 1. The summed E-state index contributed by atoms with van der Waals surface area (Å²) in [5.74, 6) is -1.73. The maximum Gasteiger partial charge on any atom is 0.292 e. The first kappa shape index (κ1) is 17.8. The lowest BCUT2D eigenvalue weighted by molar-refractivity contribution is -0.384. The first-order valence-electron chi connectivity index (χ1n) is 8.23. The Hall–Kier alpha value is -3.03. The highest BCUT2D eigenvalue weighted by atomic mass is 19.1. The molecule has 0 bridgehead atoms. The molecule has 6 nitrogen and oxygen atoms in total. The minimum absolute atomic E-state index is 0.0301. The minimum Gasteiger partial charge on any atom is -0.379 e. The number of hydrogen-bond acceptors (Lipinski definition) is 4. The van der Waals surface area contributed by atoms with Crippen LogP contribution in [0.15, 0.2) is 36.4 Å². The molecular weight excluding hydrogens is 344 g/mol. The van der Waals surface area contributed by atoms with E-state index in [1.165, 1.54) is 17.0 Å². The van der Waals surface area contributed by atoms with Crippen molar-refractivity contribution >= 4 is 23.0 Å². The maximum absolute atomic E-state index is 14.1. The number of benzene rings is 2. The molecular formula is C18H17F2N3O3. The highest BCUT2D eigenvalue weighted by molar-refractivity contribution is 5.95. The fourth-order valence-corrected chi connectivity index (χ4v) is 3.12. The second-order valence-electron chi connectivity index (χ2n) is 6.00. The molecule has 0 saturated carbocycles. The van der Waals surface area contributed by atoms with Gasteiger partial charge in [0, 0.05) is 31.6 Å². The van der Waals surface area contributed by atoms with Crippen LogP contribution in [0.3, 0.4) is 0 Å². The first-order chi connectivity index (χ1) is 12.5. The third-order valence-corrected chi connectivity index (χ3v) is 4.26. The van der Waals surface area contributed by atoms with E-state index in [-0.39, 0.29) is 30.2 Å². The largest absolute Gasteiger partial charge is 0.379 e. The monoisotopic (exact) mass is 361 g/mol. The number of fused-ring (bicyclic) bond motifs is 1. The van der Waals surface area contributed by atoms with Gasteiger partial charge in [-0.25, -0.2) is 8.78 Å². The number of carbonyl (C=O) groups excluding carboxylic acids is 1. The van der Waals surface area contributed by atoms with Gasteiger partial charge in [0.25, 0.3) is 5.69 Å². The number of anilines is 2. The first-order valence-corrected chi connectivity index (χ1v) is 8.23. The molecule has 136 valence electrons. The van der Waals surface area contributed by atoms with E-state index in [1.54, 1.807) is 18.2 Å². The summed E-state index contributed by atoms with van der Waals surface area (Å²) in [7, 11) is 0. The summed E-state index contributed by atoms with van der Waals surface area (Å²) in [5.41, 5.74) is 0.851. The van der Waals surface area contributed by atoms with Gasteiger partial charge in [0.05, 0.1) is 10.6 Å². The molecule has 2 aromatic carbocycles. The summed E-state index contributed by atoms with van der Waals surface area (Å²) in [6.07, 6.45) is 1.17. The quantitative estimate of drug-likeness (QED) is 0.651. The van der Waals surface area contributed by atoms with E-state index in [0.717, 1.165) is 6.07 Å². The lowest BCUT2D eigenvalue weighted by atomic mass is 10.0. The number of nitro benzene ring substituents is 1.